The maximum absolute atomic E-state index is 2.28. The van der Waals surface area contributed by atoms with Crippen LogP contribution >= 0.6 is 0 Å². The standard InChI is InChI=1S/C36H30/c1-27-13-21-33(22-14-27)35(31-9-5-3-6-10-31)25-29-17-19-30(20-18-29)26-36(32-11-7-4-8-12-32)34-23-15-28(2)16-24-34/h3-26H,1-2H3/b35-25+,36-26+. The van der Waals surface area contributed by atoms with Crippen LogP contribution in [0.15, 0.2) is 133 Å². The molecule has 0 amide bonds. The van der Waals surface area contributed by atoms with E-state index >= 15 is 0 Å². The summed E-state index contributed by atoms with van der Waals surface area (Å²) in [5.74, 6) is 0. The molecule has 0 spiro atoms. The predicted octanol–water partition coefficient (Wildman–Crippen LogP) is 9.48. The highest BCUT2D eigenvalue weighted by Gasteiger charge is 2.07. The average molecular weight is 463 g/mol. The van der Waals surface area contributed by atoms with Gasteiger partial charge in [-0.25, -0.2) is 0 Å². The average Bonchev–Trinajstić information content (AvgIpc) is 2.93. The summed E-state index contributed by atoms with van der Waals surface area (Å²) in [6, 6.07) is 47.6. The lowest BCUT2D eigenvalue weighted by Gasteiger charge is -2.11. The van der Waals surface area contributed by atoms with Crippen molar-refractivity contribution >= 4 is 23.3 Å². The van der Waals surface area contributed by atoms with Gasteiger partial charge in [0.1, 0.15) is 0 Å². The van der Waals surface area contributed by atoms with E-state index in [4.69, 9.17) is 0 Å². The highest BCUT2D eigenvalue weighted by Crippen LogP contribution is 2.29. The molecule has 0 saturated carbocycles. The molecule has 0 nitrogen and oxygen atoms in total. The van der Waals surface area contributed by atoms with Crippen molar-refractivity contribution in [1.29, 1.82) is 0 Å². The van der Waals surface area contributed by atoms with Crippen molar-refractivity contribution in [2.75, 3.05) is 0 Å². The molecule has 0 radical (unpaired) electrons. The molecule has 0 bridgehead atoms. The molecule has 0 atom stereocenters. The maximum atomic E-state index is 2.28. The fourth-order valence-electron chi connectivity index (χ4n) is 4.39. The molecular weight excluding hydrogens is 432 g/mol. The van der Waals surface area contributed by atoms with E-state index < -0.39 is 0 Å². The van der Waals surface area contributed by atoms with Crippen LogP contribution in [0.4, 0.5) is 0 Å². The fraction of sp³-hybridized carbons (Fsp3) is 0.0556. The Hall–Kier alpha value is -4.42. The third kappa shape index (κ3) is 5.62. The van der Waals surface area contributed by atoms with Gasteiger partial charge in [-0.15, -0.1) is 0 Å². The van der Waals surface area contributed by atoms with Crippen molar-refractivity contribution in [3.63, 3.8) is 0 Å². The molecule has 0 unspecified atom stereocenters. The molecule has 36 heavy (non-hydrogen) atoms. The zero-order valence-electron chi connectivity index (χ0n) is 20.9. The van der Waals surface area contributed by atoms with E-state index in [9.17, 15) is 0 Å². The quantitative estimate of drug-likeness (QED) is 0.220. The van der Waals surface area contributed by atoms with E-state index in [-0.39, 0.29) is 0 Å². The summed E-state index contributed by atoms with van der Waals surface area (Å²) in [5.41, 5.74) is 12.2. The van der Waals surface area contributed by atoms with Crippen molar-refractivity contribution in [3.05, 3.63) is 178 Å². The van der Waals surface area contributed by atoms with Crippen LogP contribution in [0.1, 0.15) is 44.5 Å². The second-order valence-electron chi connectivity index (χ2n) is 9.25. The molecule has 0 aromatic heterocycles. The SMILES string of the molecule is Cc1ccc(/C(=C/c2ccc(/C=C(\c3ccccc3)c3ccc(C)cc3)cc2)c2ccccc2)cc1. The van der Waals surface area contributed by atoms with Crippen molar-refractivity contribution in [2.45, 2.75) is 13.8 Å². The molecule has 0 fully saturated rings. The van der Waals surface area contributed by atoms with Crippen LogP contribution < -0.4 is 0 Å². The Labute approximate surface area is 214 Å². The lowest BCUT2D eigenvalue weighted by molar-refractivity contribution is 1.45. The summed E-state index contributed by atoms with van der Waals surface area (Å²) >= 11 is 0. The van der Waals surface area contributed by atoms with Crippen molar-refractivity contribution in [2.24, 2.45) is 0 Å². The zero-order chi connectivity index (χ0) is 24.7. The molecule has 5 aromatic rings. The summed E-state index contributed by atoms with van der Waals surface area (Å²) in [7, 11) is 0. The number of rotatable bonds is 6. The van der Waals surface area contributed by atoms with Gasteiger partial charge >= 0.3 is 0 Å². The van der Waals surface area contributed by atoms with E-state index in [1.165, 1.54) is 55.7 Å². The normalized spacial score (nSPS) is 11.9. The highest BCUT2D eigenvalue weighted by atomic mass is 14.1. The second-order valence-corrected chi connectivity index (χ2v) is 9.25. The lowest BCUT2D eigenvalue weighted by Crippen LogP contribution is -1.90. The van der Waals surface area contributed by atoms with Gasteiger partial charge in [-0.05, 0) is 70.5 Å². The van der Waals surface area contributed by atoms with Gasteiger partial charge in [0.05, 0.1) is 0 Å². The second kappa shape index (κ2) is 10.9. The third-order valence-corrected chi connectivity index (χ3v) is 6.45. The monoisotopic (exact) mass is 462 g/mol. The van der Waals surface area contributed by atoms with Gasteiger partial charge in [-0.3, -0.25) is 0 Å². The molecule has 5 aromatic carbocycles. The molecule has 0 heterocycles. The van der Waals surface area contributed by atoms with Crippen LogP contribution in [0.25, 0.3) is 23.3 Å². The molecule has 0 heteroatoms. The topological polar surface area (TPSA) is 0 Å². The van der Waals surface area contributed by atoms with Crippen molar-refractivity contribution in [3.8, 4) is 0 Å². The van der Waals surface area contributed by atoms with Crippen LogP contribution in [0.3, 0.4) is 0 Å². The summed E-state index contributed by atoms with van der Waals surface area (Å²) in [6.07, 6.45) is 4.57. The molecule has 0 N–H and O–H groups in total. The Morgan fingerprint density at radius 1 is 0.361 bits per heavy atom. The molecule has 5 rings (SSSR count). The summed E-state index contributed by atoms with van der Waals surface area (Å²) in [6.45, 7) is 4.25. The first-order valence-electron chi connectivity index (χ1n) is 12.4. The van der Waals surface area contributed by atoms with Crippen LogP contribution in [0.2, 0.25) is 0 Å². The minimum atomic E-state index is 1.18. The Morgan fingerprint density at radius 2 is 0.667 bits per heavy atom. The first kappa shape index (κ1) is 23.3. The van der Waals surface area contributed by atoms with Gasteiger partial charge in [0, 0.05) is 0 Å². The summed E-state index contributed by atoms with van der Waals surface area (Å²) in [4.78, 5) is 0. The number of benzene rings is 5. The highest BCUT2D eigenvalue weighted by molar-refractivity contribution is 5.93. The Kier molecular flexibility index (Phi) is 7.05. The van der Waals surface area contributed by atoms with Crippen LogP contribution in [-0.4, -0.2) is 0 Å². The Morgan fingerprint density at radius 3 is 1.00 bits per heavy atom. The summed E-state index contributed by atoms with van der Waals surface area (Å²) in [5, 5.41) is 0. The number of aryl methyl sites for hydroxylation is 2. The summed E-state index contributed by atoms with van der Waals surface area (Å²) < 4.78 is 0. The van der Waals surface area contributed by atoms with Crippen molar-refractivity contribution < 1.29 is 0 Å². The van der Waals surface area contributed by atoms with Gasteiger partial charge in [-0.2, -0.15) is 0 Å². The smallest absolute Gasteiger partial charge is 0.0105 e. The van der Waals surface area contributed by atoms with E-state index in [1.54, 1.807) is 0 Å². The van der Waals surface area contributed by atoms with Crippen molar-refractivity contribution in [1.82, 2.24) is 0 Å². The molecule has 0 aliphatic carbocycles. The predicted molar refractivity (Wildman–Crippen MR) is 156 cm³/mol. The largest absolute Gasteiger partial charge is 0.0622 e. The van der Waals surface area contributed by atoms with Gasteiger partial charge in [0.2, 0.25) is 0 Å². The molecular formula is C36H30. The number of hydrogen-bond donors (Lipinski definition) is 0. The van der Waals surface area contributed by atoms with Gasteiger partial charge < -0.3 is 0 Å². The molecule has 0 aliphatic rings. The third-order valence-electron chi connectivity index (χ3n) is 6.45. The van der Waals surface area contributed by atoms with Gasteiger partial charge in [-0.1, -0.05) is 145 Å². The van der Waals surface area contributed by atoms with Gasteiger partial charge in [0.15, 0.2) is 0 Å². The molecule has 0 aliphatic heterocycles. The van der Waals surface area contributed by atoms with Crippen LogP contribution in [-0.2, 0) is 0 Å². The first-order valence-corrected chi connectivity index (χ1v) is 12.4. The van der Waals surface area contributed by atoms with E-state index in [0.29, 0.717) is 0 Å². The minimum Gasteiger partial charge on any atom is -0.0622 e. The van der Waals surface area contributed by atoms with E-state index in [2.05, 4.69) is 159 Å². The lowest BCUT2D eigenvalue weighted by atomic mass is 9.93. The van der Waals surface area contributed by atoms with E-state index in [1.807, 2.05) is 0 Å². The first-order chi connectivity index (χ1) is 17.7. The van der Waals surface area contributed by atoms with Crippen LogP contribution in [0.5, 0.6) is 0 Å². The Balaban J connectivity index is 1.52. The van der Waals surface area contributed by atoms with Crippen LogP contribution in [0, 0.1) is 13.8 Å². The fourth-order valence-corrected chi connectivity index (χ4v) is 4.39. The molecule has 174 valence electrons. The molecule has 0 saturated heterocycles. The zero-order valence-corrected chi connectivity index (χ0v) is 20.9. The van der Waals surface area contributed by atoms with E-state index in [0.717, 1.165) is 0 Å². The number of hydrogen-bond acceptors (Lipinski definition) is 0. The maximum Gasteiger partial charge on any atom is -0.0105 e. The Bertz CT molecular complexity index is 1350. The van der Waals surface area contributed by atoms with Gasteiger partial charge in [0.25, 0.3) is 0 Å². The minimum absolute atomic E-state index is 1.18.